The average Bonchev–Trinajstić information content (AvgIpc) is 2.15. The van der Waals surface area contributed by atoms with E-state index in [9.17, 15) is 5.11 Å². The van der Waals surface area contributed by atoms with Crippen molar-refractivity contribution in [3.05, 3.63) is 0 Å². The fraction of sp³-hybridized carbons (Fsp3) is 1.00. The molecule has 2 saturated carbocycles. The minimum absolute atomic E-state index is 0.474. The number of rotatable bonds is 1. The first-order valence-electron chi connectivity index (χ1n) is 7.05. The van der Waals surface area contributed by atoms with Gasteiger partial charge in [0.05, 0.1) is 5.60 Å². The molecule has 0 radical (unpaired) electrons. The number of aliphatic hydroxyl groups is 1. The van der Waals surface area contributed by atoms with Gasteiger partial charge < -0.3 is 5.11 Å². The van der Waals surface area contributed by atoms with Gasteiger partial charge in [-0.25, -0.2) is 0 Å². The molecular weight excluding hydrogens is 196 g/mol. The fourth-order valence-corrected chi connectivity index (χ4v) is 4.30. The summed E-state index contributed by atoms with van der Waals surface area (Å²) in [5.41, 5.74) is 0.109. The Labute approximate surface area is 101 Å². The lowest BCUT2D eigenvalue weighted by atomic mass is 9.54. The molecule has 1 N–H and O–H groups in total. The van der Waals surface area contributed by atoms with E-state index < -0.39 is 5.60 Å². The van der Waals surface area contributed by atoms with Crippen LogP contribution in [0.5, 0.6) is 0 Å². The Morgan fingerprint density at radius 3 is 2.50 bits per heavy atom. The van der Waals surface area contributed by atoms with Gasteiger partial charge in [0.25, 0.3) is 0 Å². The predicted octanol–water partition coefficient (Wildman–Crippen LogP) is 4.00. The summed E-state index contributed by atoms with van der Waals surface area (Å²) >= 11 is 0. The second-order valence-corrected chi connectivity index (χ2v) is 7.25. The fourth-order valence-electron chi connectivity index (χ4n) is 4.30. The highest BCUT2D eigenvalue weighted by Gasteiger charge is 2.46. The molecule has 0 aromatic heterocycles. The summed E-state index contributed by atoms with van der Waals surface area (Å²) < 4.78 is 0. The maximum absolute atomic E-state index is 10.2. The van der Waals surface area contributed by atoms with Gasteiger partial charge in [-0.1, -0.05) is 26.7 Å². The minimum Gasteiger partial charge on any atom is -0.390 e. The molecule has 4 atom stereocenters. The SMILES string of the molecule is CC1CCC[C@]2(C)CC[C@@H](C(C)(C)O)C[C@@H]12. The Bertz CT molecular complexity index is 253. The second-order valence-electron chi connectivity index (χ2n) is 7.25. The maximum atomic E-state index is 10.2. The lowest BCUT2D eigenvalue weighted by Crippen LogP contribution is -2.45. The Morgan fingerprint density at radius 1 is 1.19 bits per heavy atom. The number of hydrogen-bond acceptors (Lipinski definition) is 1. The average molecular weight is 224 g/mol. The topological polar surface area (TPSA) is 20.2 Å². The molecule has 2 rings (SSSR count). The molecule has 2 fully saturated rings. The summed E-state index contributed by atoms with van der Waals surface area (Å²) in [5, 5.41) is 10.2. The summed E-state index contributed by atoms with van der Waals surface area (Å²) in [6.45, 7) is 8.91. The van der Waals surface area contributed by atoms with E-state index in [1.54, 1.807) is 0 Å². The molecule has 1 unspecified atom stereocenters. The van der Waals surface area contributed by atoms with Crippen molar-refractivity contribution in [1.29, 1.82) is 0 Å². The minimum atomic E-state index is -0.474. The van der Waals surface area contributed by atoms with Crippen LogP contribution in [0.3, 0.4) is 0 Å². The third-order valence-corrected chi connectivity index (χ3v) is 5.59. The van der Waals surface area contributed by atoms with E-state index in [4.69, 9.17) is 0 Å². The number of fused-ring (bicyclic) bond motifs is 1. The third kappa shape index (κ3) is 2.16. The van der Waals surface area contributed by atoms with E-state index >= 15 is 0 Å². The van der Waals surface area contributed by atoms with Gasteiger partial charge in [0.15, 0.2) is 0 Å². The normalized spacial score (nSPS) is 45.2. The Hall–Kier alpha value is -0.0400. The van der Waals surface area contributed by atoms with Crippen LogP contribution >= 0.6 is 0 Å². The molecule has 1 nitrogen and oxygen atoms in total. The van der Waals surface area contributed by atoms with Gasteiger partial charge in [0, 0.05) is 0 Å². The van der Waals surface area contributed by atoms with E-state index in [1.807, 2.05) is 13.8 Å². The zero-order chi connectivity index (χ0) is 12.0. The molecule has 0 heterocycles. The van der Waals surface area contributed by atoms with Crippen LogP contribution in [0.2, 0.25) is 0 Å². The molecule has 0 bridgehead atoms. The van der Waals surface area contributed by atoms with Crippen molar-refractivity contribution >= 4 is 0 Å². The molecular formula is C15H28O. The molecule has 0 saturated heterocycles. The van der Waals surface area contributed by atoms with Gasteiger partial charge in [-0.3, -0.25) is 0 Å². The van der Waals surface area contributed by atoms with Crippen LogP contribution in [0, 0.1) is 23.2 Å². The van der Waals surface area contributed by atoms with Gasteiger partial charge in [-0.2, -0.15) is 0 Å². The standard InChI is InChI=1S/C15H28O/c1-11-6-5-8-15(4)9-7-12(10-13(11)15)14(2,3)16/h11-13,16H,5-10H2,1-4H3/t11?,12-,13+,15-/m1/s1. The molecule has 1 heteroatoms. The highest BCUT2D eigenvalue weighted by Crippen LogP contribution is 2.55. The summed E-state index contributed by atoms with van der Waals surface area (Å²) in [4.78, 5) is 0. The zero-order valence-electron chi connectivity index (χ0n) is 11.4. The Balaban J connectivity index is 2.12. The third-order valence-electron chi connectivity index (χ3n) is 5.59. The lowest BCUT2D eigenvalue weighted by Gasteiger charge is -2.52. The smallest absolute Gasteiger partial charge is 0.0619 e. The van der Waals surface area contributed by atoms with E-state index in [0.717, 1.165) is 11.8 Å². The van der Waals surface area contributed by atoms with Gasteiger partial charge >= 0.3 is 0 Å². The van der Waals surface area contributed by atoms with Gasteiger partial charge in [-0.05, 0) is 62.7 Å². The molecule has 16 heavy (non-hydrogen) atoms. The van der Waals surface area contributed by atoms with Gasteiger partial charge in [-0.15, -0.1) is 0 Å². The Morgan fingerprint density at radius 2 is 1.88 bits per heavy atom. The monoisotopic (exact) mass is 224 g/mol. The van der Waals surface area contributed by atoms with E-state index in [2.05, 4.69) is 13.8 Å². The van der Waals surface area contributed by atoms with Crippen LogP contribution in [0.25, 0.3) is 0 Å². The van der Waals surface area contributed by atoms with E-state index in [0.29, 0.717) is 11.3 Å². The number of hydrogen-bond donors (Lipinski definition) is 1. The molecule has 0 spiro atoms. The lowest BCUT2D eigenvalue weighted by molar-refractivity contribution is -0.0686. The van der Waals surface area contributed by atoms with Crippen molar-refractivity contribution in [2.45, 2.75) is 71.8 Å². The first-order valence-corrected chi connectivity index (χ1v) is 7.05. The van der Waals surface area contributed by atoms with Crippen LogP contribution in [0.4, 0.5) is 0 Å². The quantitative estimate of drug-likeness (QED) is 0.714. The second kappa shape index (κ2) is 4.01. The van der Waals surface area contributed by atoms with Crippen LogP contribution < -0.4 is 0 Å². The maximum Gasteiger partial charge on any atom is 0.0619 e. The highest BCUT2D eigenvalue weighted by molar-refractivity contribution is 4.97. The van der Waals surface area contributed by atoms with Crippen LogP contribution in [-0.4, -0.2) is 10.7 Å². The van der Waals surface area contributed by atoms with Crippen LogP contribution in [-0.2, 0) is 0 Å². The first kappa shape index (κ1) is 12.4. The molecule has 0 amide bonds. The molecule has 2 aliphatic carbocycles. The van der Waals surface area contributed by atoms with Crippen molar-refractivity contribution in [3.8, 4) is 0 Å². The van der Waals surface area contributed by atoms with Gasteiger partial charge in [0.2, 0.25) is 0 Å². The molecule has 0 aliphatic heterocycles. The molecule has 0 aromatic carbocycles. The summed E-state index contributed by atoms with van der Waals surface area (Å²) in [5.74, 6) is 2.24. The van der Waals surface area contributed by atoms with Crippen LogP contribution in [0.1, 0.15) is 66.2 Å². The van der Waals surface area contributed by atoms with Crippen molar-refractivity contribution in [2.75, 3.05) is 0 Å². The summed E-state index contributed by atoms with van der Waals surface area (Å²) in [6, 6.07) is 0. The van der Waals surface area contributed by atoms with Crippen molar-refractivity contribution in [2.24, 2.45) is 23.2 Å². The largest absolute Gasteiger partial charge is 0.390 e. The highest BCUT2D eigenvalue weighted by atomic mass is 16.3. The zero-order valence-corrected chi connectivity index (χ0v) is 11.4. The first-order chi connectivity index (χ1) is 7.33. The predicted molar refractivity (Wildman–Crippen MR) is 68.3 cm³/mol. The Kier molecular flexibility index (Phi) is 3.11. The molecule has 94 valence electrons. The van der Waals surface area contributed by atoms with Crippen molar-refractivity contribution in [3.63, 3.8) is 0 Å². The summed E-state index contributed by atoms with van der Waals surface area (Å²) in [6.07, 6.45) is 8.04. The van der Waals surface area contributed by atoms with Crippen molar-refractivity contribution < 1.29 is 5.11 Å². The van der Waals surface area contributed by atoms with Gasteiger partial charge in [0.1, 0.15) is 0 Å². The molecule has 0 aromatic rings. The van der Waals surface area contributed by atoms with E-state index in [-0.39, 0.29) is 0 Å². The van der Waals surface area contributed by atoms with Crippen molar-refractivity contribution in [1.82, 2.24) is 0 Å². The van der Waals surface area contributed by atoms with Crippen LogP contribution in [0.15, 0.2) is 0 Å². The van der Waals surface area contributed by atoms with E-state index in [1.165, 1.54) is 38.5 Å². The summed E-state index contributed by atoms with van der Waals surface area (Å²) in [7, 11) is 0. The molecule has 2 aliphatic rings.